The maximum Gasteiger partial charge on any atom is 0.217 e. The lowest BCUT2D eigenvalue weighted by Gasteiger charge is -2.20. The van der Waals surface area contributed by atoms with Crippen molar-refractivity contribution in [3.8, 4) is 0 Å². The van der Waals surface area contributed by atoms with E-state index in [1.807, 2.05) is 6.07 Å². The molecule has 0 saturated carbocycles. The van der Waals surface area contributed by atoms with E-state index in [1.165, 1.54) is 4.31 Å². The maximum atomic E-state index is 12.0. The van der Waals surface area contributed by atoms with Crippen LogP contribution in [0.3, 0.4) is 0 Å². The van der Waals surface area contributed by atoms with Crippen LogP contribution in [0.25, 0.3) is 0 Å². The fraction of sp³-hybridized carbons (Fsp3) is 0.455. The van der Waals surface area contributed by atoms with Crippen LogP contribution in [0.4, 0.5) is 0 Å². The van der Waals surface area contributed by atoms with Crippen molar-refractivity contribution >= 4 is 33.2 Å². The van der Waals surface area contributed by atoms with Gasteiger partial charge in [0, 0.05) is 24.5 Å². The van der Waals surface area contributed by atoms with Gasteiger partial charge in [0.15, 0.2) is 0 Å². The van der Waals surface area contributed by atoms with Gasteiger partial charge in [0.1, 0.15) is 0 Å². The molecule has 0 aromatic heterocycles. The molecule has 0 heterocycles. The van der Waals surface area contributed by atoms with E-state index >= 15 is 0 Å². The predicted molar refractivity (Wildman–Crippen MR) is 72.0 cm³/mol. The summed E-state index contributed by atoms with van der Waals surface area (Å²) in [6.07, 6.45) is 0. The molecule has 0 amide bonds. The Hall–Kier alpha value is -0.290. The van der Waals surface area contributed by atoms with Crippen LogP contribution in [0.15, 0.2) is 24.3 Å². The van der Waals surface area contributed by atoms with Gasteiger partial charge in [-0.3, -0.25) is 0 Å². The quantitative estimate of drug-likeness (QED) is 0.783. The van der Waals surface area contributed by atoms with Gasteiger partial charge < -0.3 is 0 Å². The summed E-state index contributed by atoms with van der Waals surface area (Å²) in [5.74, 6) is 0.0855. The van der Waals surface area contributed by atoms with Gasteiger partial charge in [-0.25, -0.2) is 12.7 Å². The van der Waals surface area contributed by atoms with E-state index in [1.54, 1.807) is 32.2 Å². The number of rotatable bonds is 5. The Bertz CT molecular complexity index is 476. The highest BCUT2D eigenvalue weighted by molar-refractivity contribution is 7.89. The van der Waals surface area contributed by atoms with Crippen molar-refractivity contribution in [3.63, 3.8) is 0 Å². The topological polar surface area (TPSA) is 37.4 Å². The smallest absolute Gasteiger partial charge is 0.212 e. The molecule has 3 nitrogen and oxygen atoms in total. The minimum Gasteiger partial charge on any atom is -0.212 e. The molecule has 17 heavy (non-hydrogen) atoms. The molecule has 6 heteroatoms. The summed E-state index contributed by atoms with van der Waals surface area (Å²) in [5, 5.41) is 0.00652. The van der Waals surface area contributed by atoms with Crippen molar-refractivity contribution in [2.75, 3.05) is 12.9 Å². The van der Waals surface area contributed by atoms with Crippen molar-refractivity contribution in [2.24, 2.45) is 0 Å². The number of sulfonamides is 1. The Morgan fingerprint density at radius 1 is 1.41 bits per heavy atom. The van der Waals surface area contributed by atoms with Gasteiger partial charge in [-0.15, -0.1) is 11.6 Å². The highest BCUT2D eigenvalue weighted by Crippen LogP contribution is 2.15. The Morgan fingerprint density at radius 3 is 2.59 bits per heavy atom. The van der Waals surface area contributed by atoms with E-state index in [-0.39, 0.29) is 5.88 Å². The van der Waals surface area contributed by atoms with Gasteiger partial charge in [0.05, 0.1) is 5.25 Å². The molecule has 1 atom stereocenters. The largest absolute Gasteiger partial charge is 0.217 e. The fourth-order valence-electron chi connectivity index (χ4n) is 1.37. The molecular weight excluding hydrogens is 281 g/mol. The van der Waals surface area contributed by atoms with Gasteiger partial charge in [-0.2, -0.15) is 0 Å². The Balaban J connectivity index is 2.83. The Kier molecular flexibility index (Phi) is 5.25. The molecule has 1 unspecified atom stereocenters. The number of nitrogens with zero attached hydrogens (tertiary/aromatic N) is 1. The summed E-state index contributed by atoms with van der Waals surface area (Å²) < 4.78 is 25.2. The van der Waals surface area contributed by atoms with Crippen LogP contribution in [-0.4, -0.2) is 30.9 Å². The average Bonchev–Trinajstić information content (AvgIpc) is 2.27. The van der Waals surface area contributed by atoms with E-state index < -0.39 is 15.3 Å². The van der Waals surface area contributed by atoms with Crippen molar-refractivity contribution < 1.29 is 8.42 Å². The third-order valence-electron chi connectivity index (χ3n) is 2.45. The van der Waals surface area contributed by atoms with Crippen LogP contribution in [0.5, 0.6) is 0 Å². The molecule has 0 aliphatic heterocycles. The molecular formula is C11H15Cl2NO2S. The number of halogens is 2. The van der Waals surface area contributed by atoms with E-state index in [2.05, 4.69) is 0 Å². The van der Waals surface area contributed by atoms with Crippen molar-refractivity contribution in [1.82, 2.24) is 4.31 Å². The molecule has 1 rings (SSSR count). The molecule has 0 saturated heterocycles. The summed E-state index contributed by atoms with van der Waals surface area (Å²) in [6.45, 7) is 1.89. The SMILES string of the molecule is CC(CCl)S(=O)(=O)N(C)Cc1cccc(Cl)c1. The Labute approximate surface area is 112 Å². The van der Waals surface area contributed by atoms with Crippen LogP contribution in [0, 0.1) is 0 Å². The lowest BCUT2D eigenvalue weighted by atomic mass is 10.2. The summed E-state index contributed by atoms with van der Waals surface area (Å²) in [5.41, 5.74) is 0.852. The standard InChI is InChI=1S/C11H15Cl2NO2S/c1-9(7-12)17(15,16)14(2)8-10-4-3-5-11(13)6-10/h3-6,9H,7-8H2,1-2H3. The molecule has 0 fully saturated rings. The van der Waals surface area contributed by atoms with Crippen LogP contribution < -0.4 is 0 Å². The zero-order valence-corrected chi connectivity index (χ0v) is 12.1. The van der Waals surface area contributed by atoms with Crippen molar-refractivity contribution in [2.45, 2.75) is 18.7 Å². The van der Waals surface area contributed by atoms with Gasteiger partial charge in [-0.05, 0) is 24.6 Å². The van der Waals surface area contributed by atoms with E-state index in [4.69, 9.17) is 23.2 Å². The predicted octanol–water partition coefficient (Wildman–Crippen LogP) is 2.73. The number of hydrogen-bond donors (Lipinski definition) is 0. The second kappa shape index (κ2) is 6.05. The lowest BCUT2D eigenvalue weighted by molar-refractivity contribution is 0.460. The van der Waals surface area contributed by atoms with Crippen LogP contribution >= 0.6 is 23.2 Å². The Morgan fingerprint density at radius 2 is 2.06 bits per heavy atom. The number of benzene rings is 1. The molecule has 0 radical (unpaired) electrons. The van der Waals surface area contributed by atoms with E-state index in [0.717, 1.165) is 5.56 Å². The van der Waals surface area contributed by atoms with Crippen LogP contribution in [0.1, 0.15) is 12.5 Å². The highest BCUT2D eigenvalue weighted by Gasteiger charge is 2.25. The molecule has 0 aliphatic rings. The fourth-order valence-corrected chi connectivity index (χ4v) is 3.16. The minimum absolute atomic E-state index is 0.0855. The molecule has 0 bridgehead atoms. The molecule has 0 aliphatic carbocycles. The first-order chi connectivity index (χ1) is 7.87. The zero-order chi connectivity index (χ0) is 13.1. The average molecular weight is 296 g/mol. The summed E-state index contributed by atoms with van der Waals surface area (Å²) in [7, 11) is -1.80. The molecule has 1 aromatic rings. The highest BCUT2D eigenvalue weighted by atomic mass is 35.5. The van der Waals surface area contributed by atoms with Gasteiger partial charge >= 0.3 is 0 Å². The second-order valence-electron chi connectivity index (χ2n) is 3.90. The van der Waals surface area contributed by atoms with Gasteiger partial charge in [-0.1, -0.05) is 23.7 Å². The third-order valence-corrected chi connectivity index (χ3v) is 5.52. The van der Waals surface area contributed by atoms with Gasteiger partial charge in [0.25, 0.3) is 0 Å². The summed E-state index contributed by atoms with van der Waals surface area (Å²) in [4.78, 5) is 0. The molecule has 0 N–H and O–H groups in total. The second-order valence-corrected chi connectivity index (χ2v) is 7.10. The third kappa shape index (κ3) is 3.85. The van der Waals surface area contributed by atoms with E-state index in [0.29, 0.717) is 11.6 Å². The van der Waals surface area contributed by atoms with Crippen LogP contribution in [0.2, 0.25) is 5.02 Å². The summed E-state index contributed by atoms with van der Waals surface area (Å²) >= 11 is 11.4. The first-order valence-electron chi connectivity index (χ1n) is 5.13. The normalized spacial score (nSPS) is 13.9. The van der Waals surface area contributed by atoms with Crippen molar-refractivity contribution in [3.05, 3.63) is 34.9 Å². The molecule has 1 aromatic carbocycles. The van der Waals surface area contributed by atoms with Crippen molar-refractivity contribution in [1.29, 1.82) is 0 Å². The zero-order valence-electron chi connectivity index (χ0n) is 9.73. The first-order valence-corrected chi connectivity index (χ1v) is 7.55. The number of hydrogen-bond acceptors (Lipinski definition) is 2. The monoisotopic (exact) mass is 295 g/mol. The lowest BCUT2D eigenvalue weighted by Crippen LogP contribution is -2.35. The minimum atomic E-state index is -3.34. The maximum absolute atomic E-state index is 12.0. The van der Waals surface area contributed by atoms with Gasteiger partial charge in [0.2, 0.25) is 10.0 Å². The molecule has 96 valence electrons. The number of alkyl halides is 1. The molecule has 0 spiro atoms. The van der Waals surface area contributed by atoms with Crippen LogP contribution in [-0.2, 0) is 16.6 Å². The summed E-state index contributed by atoms with van der Waals surface area (Å²) in [6, 6.07) is 7.13. The van der Waals surface area contributed by atoms with E-state index in [9.17, 15) is 8.42 Å². The first kappa shape index (κ1) is 14.8.